The third kappa shape index (κ3) is 5.80. The summed E-state index contributed by atoms with van der Waals surface area (Å²) in [5.41, 5.74) is -0.113. The smallest absolute Gasteiger partial charge is 0.0611 e. The average molecular weight is 270 g/mol. The van der Waals surface area contributed by atoms with Gasteiger partial charge in [-0.05, 0) is 45.7 Å². The fourth-order valence-corrected chi connectivity index (χ4v) is 3.09. The summed E-state index contributed by atoms with van der Waals surface area (Å²) in [5, 5.41) is 13.1. The van der Waals surface area contributed by atoms with Gasteiger partial charge >= 0.3 is 0 Å². The molecule has 0 amide bonds. The zero-order valence-electron chi connectivity index (χ0n) is 13.2. The summed E-state index contributed by atoms with van der Waals surface area (Å²) in [6.45, 7) is 10.1. The van der Waals surface area contributed by atoms with Gasteiger partial charge < -0.3 is 15.3 Å². The standard InChI is InChI=1S/C16H34N2O/c1-4-12-17-16(3,14-19)11-13-18(5-2)15-9-7-6-8-10-15/h15,17,19H,4-14H2,1-3H3. The van der Waals surface area contributed by atoms with E-state index in [1.807, 2.05) is 0 Å². The molecule has 0 aromatic carbocycles. The SMILES string of the molecule is CCCNC(C)(CO)CCN(CC)C1CCCCC1. The Hall–Kier alpha value is -0.120. The third-order valence-electron chi connectivity index (χ3n) is 4.60. The highest BCUT2D eigenvalue weighted by Crippen LogP contribution is 2.23. The van der Waals surface area contributed by atoms with E-state index in [9.17, 15) is 5.11 Å². The van der Waals surface area contributed by atoms with E-state index in [-0.39, 0.29) is 12.1 Å². The van der Waals surface area contributed by atoms with Crippen molar-refractivity contribution in [3.8, 4) is 0 Å². The molecule has 0 saturated heterocycles. The summed E-state index contributed by atoms with van der Waals surface area (Å²) < 4.78 is 0. The Labute approximate surface area is 119 Å². The second-order valence-corrected chi connectivity index (χ2v) is 6.32. The molecule has 1 atom stereocenters. The van der Waals surface area contributed by atoms with Crippen molar-refractivity contribution in [3.05, 3.63) is 0 Å². The van der Waals surface area contributed by atoms with Crippen molar-refractivity contribution >= 4 is 0 Å². The molecule has 1 rings (SSSR count). The van der Waals surface area contributed by atoms with Gasteiger partial charge in [0, 0.05) is 18.1 Å². The molecule has 0 aromatic rings. The molecular weight excluding hydrogens is 236 g/mol. The van der Waals surface area contributed by atoms with Gasteiger partial charge in [0.2, 0.25) is 0 Å². The predicted molar refractivity (Wildman–Crippen MR) is 82.5 cm³/mol. The van der Waals surface area contributed by atoms with E-state index >= 15 is 0 Å². The van der Waals surface area contributed by atoms with E-state index < -0.39 is 0 Å². The molecule has 0 bridgehead atoms. The molecule has 1 saturated carbocycles. The molecule has 0 spiro atoms. The second kappa shape index (κ2) is 8.93. The highest BCUT2D eigenvalue weighted by atomic mass is 16.3. The van der Waals surface area contributed by atoms with Gasteiger partial charge in [0.05, 0.1) is 6.61 Å². The number of rotatable bonds is 9. The maximum absolute atomic E-state index is 9.63. The molecule has 19 heavy (non-hydrogen) atoms. The van der Waals surface area contributed by atoms with Crippen LogP contribution in [0.2, 0.25) is 0 Å². The summed E-state index contributed by atoms with van der Waals surface area (Å²) in [6.07, 6.45) is 9.10. The Morgan fingerprint density at radius 1 is 1.21 bits per heavy atom. The second-order valence-electron chi connectivity index (χ2n) is 6.32. The van der Waals surface area contributed by atoms with Crippen molar-refractivity contribution in [2.45, 2.75) is 77.3 Å². The number of hydrogen-bond donors (Lipinski definition) is 2. The minimum Gasteiger partial charge on any atom is -0.394 e. The Balaban J connectivity index is 2.41. The zero-order chi connectivity index (χ0) is 14.1. The molecule has 0 radical (unpaired) electrons. The minimum atomic E-state index is -0.113. The van der Waals surface area contributed by atoms with E-state index in [1.165, 1.54) is 32.1 Å². The molecule has 0 aromatic heterocycles. The lowest BCUT2D eigenvalue weighted by molar-refractivity contribution is 0.117. The van der Waals surface area contributed by atoms with Gasteiger partial charge in [-0.15, -0.1) is 0 Å². The van der Waals surface area contributed by atoms with E-state index in [4.69, 9.17) is 0 Å². The summed E-state index contributed by atoms with van der Waals surface area (Å²) in [7, 11) is 0. The monoisotopic (exact) mass is 270 g/mol. The van der Waals surface area contributed by atoms with Crippen LogP contribution in [0.25, 0.3) is 0 Å². The van der Waals surface area contributed by atoms with Gasteiger partial charge in [-0.25, -0.2) is 0 Å². The molecule has 1 fully saturated rings. The van der Waals surface area contributed by atoms with E-state index in [0.29, 0.717) is 0 Å². The maximum Gasteiger partial charge on any atom is 0.0611 e. The average Bonchev–Trinajstić information content (AvgIpc) is 2.47. The lowest BCUT2D eigenvalue weighted by atomic mass is 9.92. The Morgan fingerprint density at radius 2 is 1.89 bits per heavy atom. The Morgan fingerprint density at radius 3 is 2.42 bits per heavy atom. The first-order valence-corrected chi connectivity index (χ1v) is 8.25. The van der Waals surface area contributed by atoms with Crippen LogP contribution in [0.5, 0.6) is 0 Å². The highest BCUT2D eigenvalue weighted by molar-refractivity contribution is 4.85. The van der Waals surface area contributed by atoms with E-state index in [2.05, 4.69) is 31.0 Å². The summed E-state index contributed by atoms with van der Waals surface area (Å²) >= 11 is 0. The first kappa shape index (κ1) is 16.9. The normalized spacial score (nSPS) is 20.7. The lowest BCUT2D eigenvalue weighted by Gasteiger charge is -2.37. The van der Waals surface area contributed by atoms with Gasteiger partial charge in [0.15, 0.2) is 0 Å². The molecule has 1 aliphatic carbocycles. The molecular formula is C16H34N2O. The zero-order valence-corrected chi connectivity index (χ0v) is 13.2. The molecule has 1 unspecified atom stereocenters. The van der Waals surface area contributed by atoms with Gasteiger partial charge in [-0.1, -0.05) is 33.1 Å². The van der Waals surface area contributed by atoms with Crippen LogP contribution in [-0.4, -0.2) is 47.8 Å². The van der Waals surface area contributed by atoms with Crippen LogP contribution < -0.4 is 5.32 Å². The van der Waals surface area contributed by atoms with Crippen molar-refractivity contribution in [1.82, 2.24) is 10.2 Å². The lowest BCUT2D eigenvalue weighted by Crippen LogP contribution is -2.49. The van der Waals surface area contributed by atoms with Crippen LogP contribution in [0.3, 0.4) is 0 Å². The quantitative estimate of drug-likeness (QED) is 0.676. The minimum absolute atomic E-state index is 0.113. The number of hydrogen-bond acceptors (Lipinski definition) is 3. The van der Waals surface area contributed by atoms with Crippen LogP contribution in [0.1, 0.15) is 65.7 Å². The molecule has 1 aliphatic rings. The topological polar surface area (TPSA) is 35.5 Å². The first-order valence-electron chi connectivity index (χ1n) is 8.25. The van der Waals surface area contributed by atoms with Crippen molar-refractivity contribution < 1.29 is 5.11 Å². The highest BCUT2D eigenvalue weighted by Gasteiger charge is 2.25. The van der Waals surface area contributed by atoms with Crippen molar-refractivity contribution in [3.63, 3.8) is 0 Å². The number of aliphatic hydroxyl groups is 1. The van der Waals surface area contributed by atoms with Crippen LogP contribution in [0.15, 0.2) is 0 Å². The number of nitrogens with zero attached hydrogens (tertiary/aromatic N) is 1. The van der Waals surface area contributed by atoms with Gasteiger partial charge in [0.1, 0.15) is 0 Å². The largest absolute Gasteiger partial charge is 0.394 e. The van der Waals surface area contributed by atoms with Crippen molar-refractivity contribution in [2.24, 2.45) is 0 Å². The van der Waals surface area contributed by atoms with E-state index in [1.54, 1.807) is 0 Å². The number of nitrogens with one attached hydrogen (secondary N) is 1. The fourth-order valence-electron chi connectivity index (χ4n) is 3.09. The number of aliphatic hydroxyl groups excluding tert-OH is 1. The molecule has 0 aliphatic heterocycles. The molecule has 3 nitrogen and oxygen atoms in total. The predicted octanol–water partition coefficient (Wildman–Crippen LogP) is 2.78. The molecule has 0 heterocycles. The Kier molecular flexibility index (Phi) is 7.96. The van der Waals surface area contributed by atoms with Crippen LogP contribution in [0.4, 0.5) is 0 Å². The first-order chi connectivity index (χ1) is 9.15. The van der Waals surface area contributed by atoms with Gasteiger partial charge in [-0.2, -0.15) is 0 Å². The summed E-state index contributed by atoms with van der Waals surface area (Å²) in [4.78, 5) is 2.63. The van der Waals surface area contributed by atoms with Gasteiger partial charge in [-0.3, -0.25) is 0 Å². The summed E-state index contributed by atoms with van der Waals surface area (Å²) in [6, 6.07) is 0.785. The maximum atomic E-state index is 9.63. The Bertz CT molecular complexity index is 229. The molecule has 2 N–H and O–H groups in total. The molecule has 114 valence electrons. The van der Waals surface area contributed by atoms with Gasteiger partial charge in [0.25, 0.3) is 0 Å². The van der Waals surface area contributed by atoms with Crippen LogP contribution in [0, 0.1) is 0 Å². The van der Waals surface area contributed by atoms with Crippen LogP contribution >= 0.6 is 0 Å². The molecule has 3 heteroatoms. The fraction of sp³-hybridized carbons (Fsp3) is 1.00. The van der Waals surface area contributed by atoms with E-state index in [0.717, 1.165) is 38.5 Å². The summed E-state index contributed by atoms with van der Waals surface area (Å²) in [5.74, 6) is 0. The van der Waals surface area contributed by atoms with Crippen molar-refractivity contribution in [2.75, 3.05) is 26.2 Å². The third-order valence-corrected chi connectivity index (χ3v) is 4.60. The van der Waals surface area contributed by atoms with Crippen molar-refractivity contribution in [1.29, 1.82) is 0 Å². The van der Waals surface area contributed by atoms with Crippen LogP contribution in [-0.2, 0) is 0 Å².